The molecule has 2 heterocycles. The van der Waals surface area contributed by atoms with Crippen LogP contribution in [0.4, 0.5) is 5.69 Å². The van der Waals surface area contributed by atoms with E-state index in [0.29, 0.717) is 12.8 Å². The van der Waals surface area contributed by atoms with Crippen LogP contribution in [0.3, 0.4) is 0 Å². The second-order valence-corrected chi connectivity index (χ2v) is 11.2. The van der Waals surface area contributed by atoms with Crippen molar-refractivity contribution in [2.24, 2.45) is 5.41 Å². The summed E-state index contributed by atoms with van der Waals surface area (Å²) in [5.74, 6) is -1.89. The molecule has 8 nitrogen and oxygen atoms in total. The van der Waals surface area contributed by atoms with Crippen LogP contribution < -0.4 is 10.6 Å². The predicted molar refractivity (Wildman–Crippen MR) is 132 cm³/mol. The summed E-state index contributed by atoms with van der Waals surface area (Å²) in [5, 5.41) is 16.7. The number of anilines is 1. The van der Waals surface area contributed by atoms with E-state index in [2.05, 4.69) is 26.6 Å². The maximum absolute atomic E-state index is 13.2. The Morgan fingerprint density at radius 2 is 2.06 bits per heavy atom. The largest absolute Gasteiger partial charge is 0.387 e. The molecule has 0 radical (unpaired) electrons. The molecule has 2 unspecified atom stereocenters. The molecule has 2 aliphatic rings. The molecule has 2 aliphatic heterocycles. The van der Waals surface area contributed by atoms with Crippen molar-refractivity contribution in [3.63, 3.8) is 0 Å². The third kappa shape index (κ3) is 6.66. The molecule has 0 aromatic heterocycles. The summed E-state index contributed by atoms with van der Waals surface area (Å²) in [4.78, 5) is 26.0. The van der Waals surface area contributed by atoms with Gasteiger partial charge < -0.3 is 30.0 Å². The first-order chi connectivity index (χ1) is 15.8. The molecule has 0 bridgehead atoms. The lowest BCUT2D eigenvalue weighted by Crippen LogP contribution is -2.61. The first-order valence-corrected chi connectivity index (χ1v) is 12.2. The van der Waals surface area contributed by atoms with Gasteiger partial charge >= 0.3 is 0 Å². The van der Waals surface area contributed by atoms with E-state index in [1.165, 1.54) is 7.11 Å². The molecule has 3 N–H and O–H groups in total. The summed E-state index contributed by atoms with van der Waals surface area (Å²) in [6.45, 7) is 9.57. The first-order valence-electron chi connectivity index (χ1n) is 11.5. The highest BCUT2D eigenvalue weighted by Crippen LogP contribution is 2.32. The zero-order chi connectivity index (χ0) is 25.3. The molecular formula is C25H35BrN2O6. The fourth-order valence-corrected chi connectivity index (χ4v) is 4.52. The maximum atomic E-state index is 13.2. The number of carbonyl (C=O) groups excluding carboxylic acids is 2. The topological polar surface area (TPSA) is 106 Å². The van der Waals surface area contributed by atoms with E-state index >= 15 is 0 Å². The van der Waals surface area contributed by atoms with Gasteiger partial charge in [-0.2, -0.15) is 0 Å². The van der Waals surface area contributed by atoms with Gasteiger partial charge in [-0.1, -0.05) is 48.9 Å². The summed E-state index contributed by atoms with van der Waals surface area (Å²) in [5.41, 5.74) is 1.60. The van der Waals surface area contributed by atoms with E-state index < -0.39 is 42.2 Å². The van der Waals surface area contributed by atoms with Crippen LogP contribution in [0.1, 0.15) is 46.6 Å². The smallest absolute Gasteiger partial charge is 0.252 e. The van der Waals surface area contributed by atoms with Gasteiger partial charge in [0.05, 0.1) is 0 Å². The molecule has 2 amide bonds. The average molecular weight is 539 g/mol. The first kappa shape index (κ1) is 26.8. The fraction of sp³-hybridized carbons (Fsp3) is 0.600. The number of amides is 2. The Kier molecular flexibility index (Phi) is 8.25. The Hall–Kier alpha value is -1.78. The highest BCUT2D eigenvalue weighted by Gasteiger charge is 2.48. The molecule has 3 rings (SSSR count). The number of aryl methyl sites for hydroxylation is 1. The van der Waals surface area contributed by atoms with E-state index in [1.807, 2.05) is 45.0 Å². The van der Waals surface area contributed by atoms with Gasteiger partial charge in [-0.3, -0.25) is 9.59 Å². The van der Waals surface area contributed by atoms with Crippen molar-refractivity contribution in [2.45, 2.75) is 83.7 Å². The molecule has 1 aromatic carbocycles. The Bertz CT molecular complexity index is 942. The third-order valence-corrected chi connectivity index (χ3v) is 6.26. The minimum absolute atomic E-state index is 0.112. The quantitative estimate of drug-likeness (QED) is 0.496. The van der Waals surface area contributed by atoms with Gasteiger partial charge in [0.25, 0.3) is 5.91 Å². The van der Waals surface area contributed by atoms with Crippen LogP contribution in [0, 0.1) is 5.41 Å². The number of aliphatic hydroxyl groups is 1. The monoisotopic (exact) mass is 538 g/mol. The van der Waals surface area contributed by atoms with E-state index in [0.717, 1.165) is 15.7 Å². The molecule has 1 saturated heterocycles. The molecule has 34 heavy (non-hydrogen) atoms. The summed E-state index contributed by atoms with van der Waals surface area (Å²) >= 11 is 3.45. The Labute approximate surface area is 209 Å². The summed E-state index contributed by atoms with van der Waals surface area (Å²) in [6, 6.07) is 4.89. The summed E-state index contributed by atoms with van der Waals surface area (Å²) in [7, 11) is 1.38. The zero-order valence-electron chi connectivity index (χ0n) is 20.6. The normalized spacial score (nSPS) is 28.1. The summed E-state index contributed by atoms with van der Waals surface area (Å²) in [6.07, 6.45) is 0.811. The minimum Gasteiger partial charge on any atom is -0.387 e. The lowest BCUT2D eigenvalue weighted by Gasteiger charge is -2.45. The molecule has 5 atom stereocenters. The van der Waals surface area contributed by atoms with E-state index in [9.17, 15) is 14.7 Å². The minimum atomic E-state index is -1.15. The molecule has 1 aromatic rings. The van der Waals surface area contributed by atoms with Crippen LogP contribution in [-0.4, -0.2) is 60.3 Å². The van der Waals surface area contributed by atoms with Gasteiger partial charge in [-0.15, -0.1) is 0 Å². The van der Waals surface area contributed by atoms with Crippen LogP contribution in [0.25, 0.3) is 0 Å². The standard InChI is InChI=1S/C25H35BrN2O6/c1-24(2,3)12-11-18-19(29)20(34-25(4,5)33-18)21(32-6)23(31)28-17-9-7-14-13-15(26)8-10-16(14)27-22(17)30/h8,10-13,17-21,29H,7,9H2,1-6H3,(H,27,30)(H,28,31)/b12-11+/t17?,18-,19+,20-,21?/m1/s1. The van der Waals surface area contributed by atoms with Gasteiger partial charge in [0.1, 0.15) is 24.4 Å². The second kappa shape index (κ2) is 10.5. The number of benzene rings is 1. The fourth-order valence-electron chi connectivity index (χ4n) is 4.11. The van der Waals surface area contributed by atoms with Crippen LogP contribution in [0.5, 0.6) is 0 Å². The lowest BCUT2D eigenvalue weighted by molar-refractivity contribution is -0.334. The Balaban J connectivity index is 1.75. The van der Waals surface area contributed by atoms with Crippen LogP contribution in [0.2, 0.25) is 0 Å². The SMILES string of the molecule is COC(C(=O)NC1CCc2cc(Br)ccc2NC1=O)[C@@H]1OC(C)(C)O[C@H](/C=C/C(C)(C)C)[C@@H]1O. The van der Waals surface area contributed by atoms with Crippen molar-refractivity contribution in [1.29, 1.82) is 0 Å². The molecular weight excluding hydrogens is 504 g/mol. The third-order valence-electron chi connectivity index (χ3n) is 5.77. The van der Waals surface area contributed by atoms with Crippen LogP contribution in [0.15, 0.2) is 34.8 Å². The Morgan fingerprint density at radius 1 is 1.35 bits per heavy atom. The predicted octanol–water partition coefficient (Wildman–Crippen LogP) is 3.32. The number of ether oxygens (including phenoxy) is 3. The van der Waals surface area contributed by atoms with Gasteiger partial charge in [0.2, 0.25) is 5.91 Å². The maximum Gasteiger partial charge on any atom is 0.252 e. The van der Waals surface area contributed by atoms with Crippen molar-refractivity contribution in [2.75, 3.05) is 12.4 Å². The molecule has 0 spiro atoms. The summed E-state index contributed by atoms with van der Waals surface area (Å²) < 4.78 is 18.2. The molecule has 0 aliphatic carbocycles. The molecule has 188 valence electrons. The second-order valence-electron chi connectivity index (χ2n) is 10.3. The number of hydrogen-bond donors (Lipinski definition) is 3. The van der Waals surface area contributed by atoms with Gasteiger partial charge in [-0.05, 0) is 55.9 Å². The lowest BCUT2D eigenvalue weighted by atomic mass is 9.93. The molecule has 9 heteroatoms. The van der Waals surface area contributed by atoms with Gasteiger partial charge in [-0.25, -0.2) is 0 Å². The highest BCUT2D eigenvalue weighted by atomic mass is 79.9. The van der Waals surface area contributed by atoms with E-state index in [4.69, 9.17) is 14.2 Å². The number of allylic oxidation sites excluding steroid dienone is 1. The number of aliphatic hydroxyl groups excluding tert-OH is 1. The number of halogens is 1. The number of carbonyl (C=O) groups is 2. The van der Waals surface area contributed by atoms with Crippen molar-refractivity contribution < 1.29 is 28.9 Å². The van der Waals surface area contributed by atoms with Crippen LogP contribution >= 0.6 is 15.9 Å². The Morgan fingerprint density at radius 3 is 2.71 bits per heavy atom. The number of fused-ring (bicyclic) bond motifs is 1. The van der Waals surface area contributed by atoms with E-state index in [-0.39, 0.29) is 11.3 Å². The number of hydrogen-bond acceptors (Lipinski definition) is 6. The highest BCUT2D eigenvalue weighted by molar-refractivity contribution is 9.10. The van der Waals surface area contributed by atoms with E-state index in [1.54, 1.807) is 19.9 Å². The van der Waals surface area contributed by atoms with Crippen molar-refractivity contribution in [1.82, 2.24) is 5.32 Å². The number of methoxy groups -OCH3 is 1. The van der Waals surface area contributed by atoms with Crippen molar-refractivity contribution in [3.05, 3.63) is 40.4 Å². The average Bonchev–Trinajstić information content (AvgIpc) is 2.87. The number of nitrogens with one attached hydrogen (secondary N) is 2. The zero-order valence-corrected chi connectivity index (χ0v) is 22.1. The molecule has 0 saturated carbocycles. The van der Waals surface area contributed by atoms with Crippen molar-refractivity contribution >= 4 is 33.4 Å². The van der Waals surface area contributed by atoms with Gasteiger partial charge in [0, 0.05) is 17.3 Å². The van der Waals surface area contributed by atoms with Crippen molar-refractivity contribution in [3.8, 4) is 0 Å². The van der Waals surface area contributed by atoms with Gasteiger partial charge in [0.15, 0.2) is 11.9 Å². The molecule has 1 fully saturated rings. The number of rotatable bonds is 5. The van der Waals surface area contributed by atoms with Crippen LogP contribution in [-0.2, 0) is 30.2 Å².